The van der Waals surface area contributed by atoms with Crippen LogP contribution in [-0.2, 0) is 14.4 Å². The number of carboxylic acids is 1. The van der Waals surface area contributed by atoms with Gasteiger partial charge in [0, 0.05) is 26.1 Å². The lowest BCUT2D eigenvalue weighted by Crippen LogP contribution is -2.61. The molecule has 0 aromatic heterocycles. The number of hydrogen-bond donors (Lipinski definition) is 3. The van der Waals surface area contributed by atoms with Crippen LogP contribution in [-0.4, -0.2) is 83.2 Å². The zero-order valence-electron chi connectivity index (χ0n) is 12.6. The molecule has 2 aliphatic rings. The molecule has 0 radical (unpaired) electrons. The molecular formula is C13H23N3O5. The van der Waals surface area contributed by atoms with Crippen molar-refractivity contribution < 1.29 is 24.6 Å². The van der Waals surface area contributed by atoms with Gasteiger partial charge in [-0.25, -0.2) is 0 Å². The Labute approximate surface area is 123 Å². The standard InChI is InChI=1S/C11H19N3O3.C2H4O2/c1-13(2)7-5-9-10(16)12-8(3-4-15)11(17)14(9)6-7;1-2(3)4/h7-9,15H,3-6H2,1-2H3,(H,12,16);1H3,(H,3,4)/t7-,8+,9+;/m1./s1. The summed E-state index contributed by atoms with van der Waals surface area (Å²) in [6.45, 7) is 1.60. The van der Waals surface area contributed by atoms with E-state index in [1.54, 1.807) is 4.90 Å². The van der Waals surface area contributed by atoms with Gasteiger partial charge in [-0.05, 0) is 26.9 Å². The Morgan fingerprint density at radius 1 is 1.43 bits per heavy atom. The molecule has 2 fully saturated rings. The van der Waals surface area contributed by atoms with E-state index in [0.29, 0.717) is 19.4 Å². The van der Waals surface area contributed by atoms with Gasteiger partial charge in [0.25, 0.3) is 5.97 Å². The molecule has 0 spiro atoms. The van der Waals surface area contributed by atoms with Crippen molar-refractivity contribution in [3.8, 4) is 0 Å². The molecule has 120 valence electrons. The summed E-state index contributed by atoms with van der Waals surface area (Å²) >= 11 is 0. The Morgan fingerprint density at radius 3 is 2.48 bits per heavy atom. The third-order valence-electron chi connectivity index (χ3n) is 3.63. The summed E-state index contributed by atoms with van der Waals surface area (Å²) in [5.74, 6) is -0.986. The minimum Gasteiger partial charge on any atom is -0.481 e. The molecule has 21 heavy (non-hydrogen) atoms. The zero-order valence-corrected chi connectivity index (χ0v) is 12.6. The van der Waals surface area contributed by atoms with E-state index in [1.165, 1.54) is 0 Å². The van der Waals surface area contributed by atoms with Gasteiger partial charge in [-0.3, -0.25) is 14.4 Å². The highest BCUT2D eigenvalue weighted by molar-refractivity contribution is 5.97. The second-order valence-electron chi connectivity index (χ2n) is 5.45. The van der Waals surface area contributed by atoms with Gasteiger partial charge in [-0.1, -0.05) is 0 Å². The maximum atomic E-state index is 12.1. The second-order valence-corrected chi connectivity index (χ2v) is 5.45. The zero-order chi connectivity index (χ0) is 16.2. The quantitative estimate of drug-likeness (QED) is 0.584. The lowest BCUT2D eigenvalue weighted by atomic mass is 10.1. The van der Waals surface area contributed by atoms with E-state index in [0.717, 1.165) is 6.92 Å². The van der Waals surface area contributed by atoms with E-state index >= 15 is 0 Å². The van der Waals surface area contributed by atoms with Gasteiger partial charge in [-0.2, -0.15) is 0 Å². The van der Waals surface area contributed by atoms with Crippen LogP contribution in [0.3, 0.4) is 0 Å². The number of carbonyl (C=O) groups excluding carboxylic acids is 2. The molecular weight excluding hydrogens is 278 g/mol. The van der Waals surface area contributed by atoms with Gasteiger partial charge in [0.2, 0.25) is 11.8 Å². The van der Waals surface area contributed by atoms with E-state index in [4.69, 9.17) is 15.0 Å². The molecule has 0 aromatic carbocycles. The lowest BCUT2D eigenvalue weighted by molar-refractivity contribution is -0.147. The third-order valence-corrected chi connectivity index (χ3v) is 3.63. The van der Waals surface area contributed by atoms with Crippen molar-refractivity contribution in [1.82, 2.24) is 15.1 Å². The fourth-order valence-corrected chi connectivity index (χ4v) is 2.53. The molecule has 0 bridgehead atoms. The van der Waals surface area contributed by atoms with Gasteiger partial charge < -0.3 is 25.3 Å². The van der Waals surface area contributed by atoms with E-state index < -0.39 is 12.0 Å². The maximum absolute atomic E-state index is 12.1. The Hall–Kier alpha value is -1.67. The van der Waals surface area contributed by atoms with Gasteiger partial charge >= 0.3 is 0 Å². The van der Waals surface area contributed by atoms with Gasteiger partial charge in [0.1, 0.15) is 12.1 Å². The van der Waals surface area contributed by atoms with E-state index in [2.05, 4.69) is 5.32 Å². The Kier molecular flexibility index (Phi) is 6.10. The maximum Gasteiger partial charge on any atom is 0.300 e. The van der Waals surface area contributed by atoms with Crippen molar-refractivity contribution >= 4 is 17.8 Å². The first-order valence-corrected chi connectivity index (χ1v) is 6.85. The molecule has 2 amide bonds. The molecule has 8 heteroatoms. The van der Waals surface area contributed by atoms with Crippen LogP contribution in [0.1, 0.15) is 19.8 Å². The third kappa shape index (κ3) is 4.40. The van der Waals surface area contributed by atoms with Crippen molar-refractivity contribution in [2.45, 2.75) is 37.9 Å². The predicted octanol–water partition coefficient (Wildman–Crippen LogP) is -1.51. The Morgan fingerprint density at radius 2 is 2.00 bits per heavy atom. The summed E-state index contributed by atoms with van der Waals surface area (Å²) in [5.41, 5.74) is 0. The van der Waals surface area contributed by atoms with E-state index in [9.17, 15) is 9.59 Å². The number of amides is 2. The number of aliphatic carboxylic acids is 1. The van der Waals surface area contributed by atoms with Crippen molar-refractivity contribution in [1.29, 1.82) is 0 Å². The van der Waals surface area contributed by atoms with Crippen LogP contribution in [0.4, 0.5) is 0 Å². The van der Waals surface area contributed by atoms with Crippen LogP contribution in [0.2, 0.25) is 0 Å². The number of hydrogen-bond acceptors (Lipinski definition) is 5. The number of carbonyl (C=O) groups is 3. The van der Waals surface area contributed by atoms with E-state index in [1.807, 2.05) is 19.0 Å². The van der Waals surface area contributed by atoms with Crippen molar-refractivity contribution in [2.24, 2.45) is 0 Å². The minimum atomic E-state index is -0.833. The summed E-state index contributed by atoms with van der Waals surface area (Å²) in [7, 11) is 3.91. The van der Waals surface area contributed by atoms with E-state index in [-0.39, 0.29) is 30.5 Å². The minimum absolute atomic E-state index is 0.0620. The highest BCUT2D eigenvalue weighted by Gasteiger charge is 2.46. The fraction of sp³-hybridized carbons (Fsp3) is 0.769. The highest BCUT2D eigenvalue weighted by atomic mass is 16.4. The van der Waals surface area contributed by atoms with Crippen molar-refractivity contribution in [3.63, 3.8) is 0 Å². The number of aliphatic hydroxyl groups is 1. The van der Waals surface area contributed by atoms with Crippen molar-refractivity contribution in [3.05, 3.63) is 0 Å². The molecule has 2 rings (SSSR count). The monoisotopic (exact) mass is 301 g/mol. The number of piperazine rings is 1. The lowest BCUT2D eigenvalue weighted by Gasteiger charge is -2.34. The SMILES string of the molecule is CC(=O)O.CN(C)[C@@H]1C[C@H]2C(=O)N[C@@H](CCO)C(=O)N2C1. The molecule has 2 saturated heterocycles. The first-order valence-electron chi connectivity index (χ1n) is 6.85. The smallest absolute Gasteiger partial charge is 0.300 e. The molecule has 0 unspecified atom stereocenters. The predicted molar refractivity (Wildman–Crippen MR) is 74.5 cm³/mol. The first kappa shape index (κ1) is 17.4. The number of likely N-dealkylation sites (N-methyl/N-ethyl adjacent to an activating group) is 1. The van der Waals surface area contributed by atoms with Crippen LogP contribution in [0.15, 0.2) is 0 Å². The van der Waals surface area contributed by atoms with Crippen LogP contribution >= 0.6 is 0 Å². The number of carboxylic acid groups (broad SMARTS) is 1. The summed E-state index contributed by atoms with van der Waals surface area (Å²) in [4.78, 5) is 36.7. The molecule has 0 aromatic rings. The van der Waals surface area contributed by atoms with Crippen molar-refractivity contribution in [2.75, 3.05) is 27.2 Å². The van der Waals surface area contributed by atoms with Crippen LogP contribution in [0.5, 0.6) is 0 Å². The summed E-state index contributed by atoms with van der Waals surface area (Å²) in [5, 5.41) is 19.0. The molecule has 0 aliphatic carbocycles. The van der Waals surface area contributed by atoms with Crippen LogP contribution in [0, 0.1) is 0 Å². The highest BCUT2D eigenvalue weighted by Crippen LogP contribution is 2.25. The molecule has 8 nitrogen and oxygen atoms in total. The van der Waals surface area contributed by atoms with Gasteiger partial charge in [0.15, 0.2) is 0 Å². The summed E-state index contributed by atoms with van der Waals surface area (Å²) in [6, 6.07) is -0.642. The number of fused-ring (bicyclic) bond motifs is 1. The molecule has 3 atom stereocenters. The van der Waals surface area contributed by atoms with Gasteiger partial charge in [-0.15, -0.1) is 0 Å². The summed E-state index contributed by atoms with van der Waals surface area (Å²) in [6.07, 6.45) is 0.983. The van der Waals surface area contributed by atoms with Crippen LogP contribution < -0.4 is 5.32 Å². The van der Waals surface area contributed by atoms with Gasteiger partial charge in [0.05, 0.1) is 0 Å². The fourth-order valence-electron chi connectivity index (χ4n) is 2.53. The molecule has 3 N–H and O–H groups in total. The average molecular weight is 301 g/mol. The van der Waals surface area contributed by atoms with Crippen LogP contribution in [0.25, 0.3) is 0 Å². The summed E-state index contributed by atoms with van der Waals surface area (Å²) < 4.78 is 0. The number of aliphatic hydroxyl groups excluding tert-OH is 1. The number of rotatable bonds is 3. The topological polar surface area (TPSA) is 110 Å². The number of nitrogens with one attached hydrogen (secondary N) is 1. The number of nitrogens with zero attached hydrogens (tertiary/aromatic N) is 2. The molecule has 2 heterocycles. The molecule has 2 aliphatic heterocycles. The normalized spacial score (nSPS) is 27.9. The average Bonchev–Trinajstić information content (AvgIpc) is 2.81. The second kappa shape index (κ2) is 7.37. The first-order chi connectivity index (χ1) is 9.77. The largest absolute Gasteiger partial charge is 0.481 e. The Balaban J connectivity index is 0.000000491. The Bertz CT molecular complexity index is 409. The molecule has 0 saturated carbocycles.